The molecule has 1 aliphatic rings. The van der Waals surface area contributed by atoms with Crippen molar-refractivity contribution < 1.29 is 33.0 Å². The first-order valence-electron chi connectivity index (χ1n) is 4.65. The van der Waals surface area contributed by atoms with Crippen molar-refractivity contribution >= 4 is 10.1 Å². The molecule has 1 aliphatic heterocycles. The molecule has 8 nitrogen and oxygen atoms in total. The van der Waals surface area contributed by atoms with Gasteiger partial charge in [-0.15, -0.1) is 0 Å². The van der Waals surface area contributed by atoms with Crippen LogP contribution in [0.5, 0.6) is 0 Å². The predicted molar refractivity (Wildman–Crippen MR) is 52.2 cm³/mol. The van der Waals surface area contributed by atoms with E-state index in [1.165, 1.54) is 0 Å². The molecule has 0 saturated carbocycles. The number of nitrogens with one attached hydrogen (secondary N) is 1. The first-order chi connectivity index (χ1) is 7.31. The minimum atomic E-state index is -4.08. The summed E-state index contributed by atoms with van der Waals surface area (Å²) in [6.07, 6.45) is -4.85. The van der Waals surface area contributed by atoms with E-state index in [2.05, 4.69) is 5.32 Å². The molecular formula is C7H15NO7S. The lowest BCUT2D eigenvalue weighted by Crippen LogP contribution is -2.58. The molecular weight excluding hydrogens is 242 g/mol. The second-order valence-corrected chi connectivity index (χ2v) is 5.11. The van der Waals surface area contributed by atoms with Gasteiger partial charge >= 0.3 is 0 Å². The summed E-state index contributed by atoms with van der Waals surface area (Å²) in [6.45, 7) is -0.300. The molecule has 0 aromatic rings. The van der Waals surface area contributed by atoms with E-state index >= 15 is 0 Å². The first kappa shape index (κ1) is 13.8. The number of aliphatic hydroxyl groups is 3. The Morgan fingerprint density at radius 2 is 1.88 bits per heavy atom. The average Bonchev–Trinajstić information content (AvgIpc) is 2.16. The Hall–Kier alpha value is -0.290. The molecule has 1 unspecified atom stereocenters. The highest BCUT2D eigenvalue weighted by Gasteiger charge is 2.37. The van der Waals surface area contributed by atoms with Gasteiger partial charge in [-0.2, -0.15) is 8.42 Å². The maximum atomic E-state index is 10.4. The molecule has 1 fully saturated rings. The monoisotopic (exact) mass is 257 g/mol. The molecule has 0 aliphatic carbocycles. The van der Waals surface area contributed by atoms with Crippen LogP contribution in [0.2, 0.25) is 0 Å². The molecule has 0 radical (unpaired) electrons. The van der Waals surface area contributed by atoms with Crippen molar-refractivity contribution in [1.29, 1.82) is 0 Å². The minimum absolute atomic E-state index is 0.136. The van der Waals surface area contributed by atoms with Gasteiger partial charge in [-0.25, -0.2) is 0 Å². The third kappa shape index (κ3) is 3.94. The quantitative estimate of drug-likeness (QED) is 0.334. The van der Waals surface area contributed by atoms with Gasteiger partial charge in [0.2, 0.25) is 0 Å². The molecule has 4 atom stereocenters. The maximum absolute atomic E-state index is 10.4. The van der Waals surface area contributed by atoms with Gasteiger partial charge in [-0.05, 0) is 0 Å². The van der Waals surface area contributed by atoms with E-state index in [0.29, 0.717) is 0 Å². The maximum Gasteiger partial charge on any atom is 0.266 e. The third-order valence-electron chi connectivity index (χ3n) is 2.21. The summed E-state index contributed by atoms with van der Waals surface area (Å²) in [6, 6.07) is 0. The topological polar surface area (TPSA) is 136 Å². The van der Waals surface area contributed by atoms with E-state index < -0.39 is 40.4 Å². The van der Waals surface area contributed by atoms with Crippen molar-refractivity contribution in [3.8, 4) is 0 Å². The number of aliphatic hydroxyl groups excluding tert-OH is 3. The zero-order valence-electron chi connectivity index (χ0n) is 8.35. The zero-order chi connectivity index (χ0) is 12.3. The molecule has 0 aromatic carbocycles. The summed E-state index contributed by atoms with van der Waals surface area (Å²) < 4.78 is 34.2. The normalized spacial score (nSPS) is 36.2. The van der Waals surface area contributed by atoms with Crippen LogP contribution in [0.25, 0.3) is 0 Å². The summed E-state index contributed by atoms with van der Waals surface area (Å²) >= 11 is 0. The predicted octanol–water partition coefficient (Wildman–Crippen LogP) is -3.10. The van der Waals surface area contributed by atoms with Crippen molar-refractivity contribution in [1.82, 2.24) is 5.32 Å². The fraction of sp³-hybridized carbons (Fsp3) is 1.00. The number of hydrogen-bond acceptors (Lipinski definition) is 7. The van der Waals surface area contributed by atoms with Crippen LogP contribution in [0.4, 0.5) is 0 Å². The van der Waals surface area contributed by atoms with E-state index in [9.17, 15) is 18.6 Å². The van der Waals surface area contributed by atoms with Gasteiger partial charge in [-0.3, -0.25) is 9.87 Å². The Labute approximate surface area is 92.6 Å². The van der Waals surface area contributed by atoms with E-state index in [1.807, 2.05) is 0 Å². The van der Waals surface area contributed by atoms with Crippen LogP contribution >= 0.6 is 0 Å². The van der Waals surface area contributed by atoms with Gasteiger partial charge in [0.25, 0.3) is 10.1 Å². The Bertz CT molecular complexity index is 319. The van der Waals surface area contributed by atoms with E-state index in [0.717, 1.165) is 0 Å². The summed E-state index contributed by atoms with van der Waals surface area (Å²) in [5.41, 5.74) is 0. The Morgan fingerprint density at radius 3 is 2.44 bits per heavy atom. The molecule has 1 saturated heterocycles. The highest BCUT2D eigenvalue weighted by Crippen LogP contribution is 2.13. The van der Waals surface area contributed by atoms with Crippen LogP contribution in [0.1, 0.15) is 0 Å². The largest absolute Gasteiger partial charge is 0.388 e. The van der Waals surface area contributed by atoms with Crippen molar-refractivity contribution in [2.75, 3.05) is 18.9 Å². The summed E-state index contributed by atoms with van der Waals surface area (Å²) in [7, 11) is -4.08. The molecule has 16 heavy (non-hydrogen) atoms. The van der Waals surface area contributed by atoms with Gasteiger partial charge in [0.1, 0.15) is 24.5 Å². The molecule has 0 aromatic heterocycles. The molecule has 0 spiro atoms. The molecule has 1 rings (SSSR count). The second kappa shape index (κ2) is 5.36. The van der Waals surface area contributed by atoms with Gasteiger partial charge in [0, 0.05) is 6.54 Å². The van der Waals surface area contributed by atoms with Crippen LogP contribution < -0.4 is 5.32 Å². The second-order valence-electron chi connectivity index (χ2n) is 3.54. The SMILES string of the molecule is O=S(=O)(O)CCNC1OC[C@@H](O)[C@H](O)[C@@H]1O. The highest BCUT2D eigenvalue weighted by atomic mass is 32.2. The fourth-order valence-corrected chi connectivity index (χ4v) is 1.69. The molecule has 0 amide bonds. The summed E-state index contributed by atoms with van der Waals surface area (Å²) in [5.74, 6) is -0.530. The molecule has 1 heterocycles. The van der Waals surface area contributed by atoms with E-state index in [4.69, 9.17) is 14.4 Å². The van der Waals surface area contributed by atoms with Crippen molar-refractivity contribution in [2.45, 2.75) is 24.5 Å². The van der Waals surface area contributed by atoms with E-state index in [-0.39, 0.29) is 13.2 Å². The smallest absolute Gasteiger partial charge is 0.266 e. The molecule has 5 N–H and O–H groups in total. The van der Waals surface area contributed by atoms with Crippen molar-refractivity contribution in [3.63, 3.8) is 0 Å². The van der Waals surface area contributed by atoms with Gasteiger partial charge < -0.3 is 20.1 Å². The Kier molecular flexibility index (Phi) is 4.62. The van der Waals surface area contributed by atoms with Gasteiger partial charge in [0.15, 0.2) is 0 Å². The van der Waals surface area contributed by atoms with Crippen LogP contribution in [0, 0.1) is 0 Å². The van der Waals surface area contributed by atoms with Crippen LogP contribution in [-0.2, 0) is 14.9 Å². The lowest BCUT2D eigenvalue weighted by molar-refractivity contribution is -0.194. The van der Waals surface area contributed by atoms with Crippen LogP contribution in [-0.4, -0.2) is 71.7 Å². The molecule has 0 bridgehead atoms. The summed E-state index contributed by atoms with van der Waals surface area (Å²) in [5, 5.41) is 30.3. The Morgan fingerprint density at radius 1 is 1.25 bits per heavy atom. The highest BCUT2D eigenvalue weighted by molar-refractivity contribution is 7.85. The fourth-order valence-electron chi connectivity index (χ4n) is 1.32. The number of hydrogen-bond donors (Lipinski definition) is 5. The van der Waals surface area contributed by atoms with Crippen molar-refractivity contribution in [3.05, 3.63) is 0 Å². The van der Waals surface area contributed by atoms with Crippen molar-refractivity contribution in [2.24, 2.45) is 0 Å². The third-order valence-corrected chi connectivity index (χ3v) is 2.93. The first-order valence-corrected chi connectivity index (χ1v) is 6.26. The number of rotatable bonds is 4. The minimum Gasteiger partial charge on any atom is -0.388 e. The van der Waals surface area contributed by atoms with E-state index in [1.54, 1.807) is 0 Å². The van der Waals surface area contributed by atoms with Gasteiger partial charge in [0.05, 0.1) is 12.4 Å². The number of ether oxygens (including phenoxy) is 1. The zero-order valence-corrected chi connectivity index (χ0v) is 9.17. The van der Waals surface area contributed by atoms with Gasteiger partial charge in [-0.1, -0.05) is 0 Å². The average molecular weight is 257 g/mol. The molecule has 96 valence electrons. The molecule has 9 heteroatoms. The van der Waals surface area contributed by atoms with Crippen LogP contribution in [0.3, 0.4) is 0 Å². The Balaban J connectivity index is 2.38. The van der Waals surface area contributed by atoms with Crippen LogP contribution in [0.15, 0.2) is 0 Å². The summed E-state index contributed by atoms with van der Waals surface area (Å²) in [4.78, 5) is 0. The lowest BCUT2D eigenvalue weighted by atomic mass is 10.0. The lowest BCUT2D eigenvalue weighted by Gasteiger charge is -2.35. The standard InChI is InChI=1S/C7H15NO7S/c9-4-3-15-7(6(11)5(4)10)8-1-2-16(12,13)14/h4-11H,1-3H2,(H,12,13,14)/t4-,5+,6+,7?/m1/s1.